The highest BCUT2D eigenvalue weighted by Crippen LogP contribution is 2.09. The summed E-state index contributed by atoms with van der Waals surface area (Å²) in [6, 6.07) is 0. The Morgan fingerprint density at radius 2 is 2.23 bits per heavy atom. The Hall–Kier alpha value is -0.770. The lowest BCUT2D eigenvalue weighted by atomic mass is 10.0. The predicted octanol–water partition coefficient (Wildman–Crippen LogP) is 1.27. The Bertz CT molecular complexity index is 139. The van der Waals surface area contributed by atoms with Crippen LogP contribution in [0.2, 0.25) is 0 Å². The molecule has 0 aromatic heterocycles. The van der Waals surface area contributed by atoms with Gasteiger partial charge in [-0.1, -0.05) is 26.2 Å². The Balaban J connectivity index is 3.45. The Labute approximate surface area is 79.1 Å². The van der Waals surface area contributed by atoms with Crippen LogP contribution in [0.25, 0.3) is 0 Å². The molecule has 0 saturated carbocycles. The average molecular weight is 189 g/mol. The minimum absolute atomic E-state index is 0.0408. The molecule has 0 aromatic rings. The van der Waals surface area contributed by atoms with E-state index in [1.807, 2.05) is 0 Å². The van der Waals surface area contributed by atoms with Crippen LogP contribution < -0.4 is 5.73 Å². The molecule has 3 N–H and O–H groups in total. The molecule has 0 aromatic carbocycles. The maximum absolute atomic E-state index is 10.3. The Kier molecular flexibility index (Phi) is 7.39. The molecule has 4 heteroatoms. The fourth-order valence-electron chi connectivity index (χ4n) is 1.11. The van der Waals surface area contributed by atoms with Crippen molar-refractivity contribution in [1.82, 2.24) is 0 Å². The van der Waals surface area contributed by atoms with Crippen LogP contribution >= 0.6 is 0 Å². The van der Waals surface area contributed by atoms with Crippen LogP contribution in [0.5, 0.6) is 0 Å². The minimum Gasteiger partial charge on any atom is -0.449 e. The van der Waals surface area contributed by atoms with E-state index in [1.165, 1.54) is 0 Å². The van der Waals surface area contributed by atoms with Crippen LogP contribution in [0.4, 0.5) is 4.79 Å². The summed E-state index contributed by atoms with van der Waals surface area (Å²) in [5.74, 6) is 0.0408. The summed E-state index contributed by atoms with van der Waals surface area (Å²) in [5, 5.41) is 8.91. The molecule has 0 spiro atoms. The van der Waals surface area contributed by atoms with Crippen molar-refractivity contribution in [3.05, 3.63) is 0 Å². The molecule has 0 saturated heterocycles. The minimum atomic E-state index is -0.769. The van der Waals surface area contributed by atoms with Gasteiger partial charge in [-0.2, -0.15) is 0 Å². The molecule has 0 heterocycles. The van der Waals surface area contributed by atoms with Crippen molar-refractivity contribution in [3.63, 3.8) is 0 Å². The SMILES string of the molecule is CCCCC[C@@H](CO)COC(N)=O. The van der Waals surface area contributed by atoms with E-state index >= 15 is 0 Å². The van der Waals surface area contributed by atoms with E-state index in [0.29, 0.717) is 0 Å². The third kappa shape index (κ3) is 7.59. The lowest BCUT2D eigenvalue weighted by Crippen LogP contribution is -2.20. The first kappa shape index (κ1) is 12.2. The van der Waals surface area contributed by atoms with E-state index < -0.39 is 6.09 Å². The quantitative estimate of drug-likeness (QED) is 0.592. The van der Waals surface area contributed by atoms with Gasteiger partial charge in [-0.15, -0.1) is 0 Å². The number of unbranched alkanes of at least 4 members (excludes halogenated alkanes) is 2. The maximum atomic E-state index is 10.3. The fraction of sp³-hybridized carbons (Fsp3) is 0.889. The average Bonchev–Trinajstić information content (AvgIpc) is 2.10. The summed E-state index contributed by atoms with van der Waals surface area (Å²) in [5.41, 5.74) is 4.81. The van der Waals surface area contributed by atoms with Crippen molar-refractivity contribution < 1.29 is 14.6 Å². The molecule has 0 rings (SSSR count). The zero-order valence-corrected chi connectivity index (χ0v) is 8.16. The monoisotopic (exact) mass is 189 g/mol. The van der Waals surface area contributed by atoms with Crippen LogP contribution in [0, 0.1) is 5.92 Å². The highest BCUT2D eigenvalue weighted by Gasteiger charge is 2.08. The van der Waals surface area contributed by atoms with E-state index in [2.05, 4.69) is 11.7 Å². The summed E-state index contributed by atoms with van der Waals surface area (Å²) >= 11 is 0. The Morgan fingerprint density at radius 3 is 2.69 bits per heavy atom. The number of ether oxygens (including phenoxy) is 1. The van der Waals surface area contributed by atoms with E-state index in [4.69, 9.17) is 10.8 Å². The van der Waals surface area contributed by atoms with Gasteiger partial charge < -0.3 is 15.6 Å². The molecule has 0 radical (unpaired) electrons. The molecule has 0 fully saturated rings. The number of carbonyl (C=O) groups is 1. The second-order valence-electron chi connectivity index (χ2n) is 3.17. The molecular weight excluding hydrogens is 170 g/mol. The number of rotatable bonds is 7. The van der Waals surface area contributed by atoms with Crippen LogP contribution in [-0.2, 0) is 4.74 Å². The predicted molar refractivity (Wildman–Crippen MR) is 50.3 cm³/mol. The molecule has 0 bridgehead atoms. The number of aliphatic hydroxyl groups is 1. The smallest absolute Gasteiger partial charge is 0.404 e. The van der Waals surface area contributed by atoms with E-state index in [0.717, 1.165) is 25.7 Å². The largest absolute Gasteiger partial charge is 0.449 e. The van der Waals surface area contributed by atoms with Gasteiger partial charge >= 0.3 is 6.09 Å². The summed E-state index contributed by atoms with van der Waals surface area (Å²) in [6.45, 7) is 2.40. The third-order valence-electron chi connectivity index (χ3n) is 1.94. The normalized spacial score (nSPS) is 12.5. The van der Waals surface area contributed by atoms with Gasteiger partial charge in [-0.3, -0.25) is 0 Å². The molecule has 0 aliphatic carbocycles. The van der Waals surface area contributed by atoms with Crippen LogP contribution in [0.15, 0.2) is 0 Å². The number of nitrogens with two attached hydrogens (primary N) is 1. The molecular formula is C9H19NO3. The van der Waals surface area contributed by atoms with Crippen LogP contribution in [0.1, 0.15) is 32.6 Å². The van der Waals surface area contributed by atoms with Gasteiger partial charge in [-0.05, 0) is 6.42 Å². The second-order valence-corrected chi connectivity index (χ2v) is 3.17. The van der Waals surface area contributed by atoms with Gasteiger partial charge in [0.2, 0.25) is 0 Å². The van der Waals surface area contributed by atoms with Gasteiger partial charge in [0, 0.05) is 12.5 Å². The molecule has 0 aliphatic heterocycles. The lowest BCUT2D eigenvalue weighted by molar-refractivity contribution is 0.106. The van der Waals surface area contributed by atoms with Crippen molar-refractivity contribution in [2.24, 2.45) is 11.7 Å². The topological polar surface area (TPSA) is 72.6 Å². The highest BCUT2D eigenvalue weighted by molar-refractivity contribution is 5.64. The summed E-state index contributed by atoms with van der Waals surface area (Å²) in [4.78, 5) is 10.3. The van der Waals surface area contributed by atoms with E-state index in [1.54, 1.807) is 0 Å². The van der Waals surface area contributed by atoms with E-state index in [9.17, 15) is 4.79 Å². The zero-order valence-electron chi connectivity index (χ0n) is 8.16. The first-order chi connectivity index (χ1) is 6.20. The number of hydrogen-bond acceptors (Lipinski definition) is 3. The first-order valence-electron chi connectivity index (χ1n) is 4.73. The van der Waals surface area contributed by atoms with Crippen molar-refractivity contribution >= 4 is 6.09 Å². The number of aliphatic hydroxyl groups excluding tert-OH is 1. The standard InChI is InChI=1S/C9H19NO3/c1-2-3-4-5-8(6-11)7-13-9(10)12/h8,11H,2-7H2,1H3,(H2,10,12)/t8-/m0/s1. The zero-order chi connectivity index (χ0) is 10.1. The number of hydrogen-bond donors (Lipinski definition) is 2. The van der Waals surface area contributed by atoms with Gasteiger partial charge in [0.25, 0.3) is 0 Å². The number of amides is 1. The van der Waals surface area contributed by atoms with Crippen molar-refractivity contribution in [1.29, 1.82) is 0 Å². The van der Waals surface area contributed by atoms with Crippen molar-refractivity contribution in [2.45, 2.75) is 32.6 Å². The summed E-state index contributed by atoms with van der Waals surface area (Å²) in [6.07, 6.45) is 3.47. The molecule has 0 aliphatic rings. The third-order valence-corrected chi connectivity index (χ3v) is 1.94. The van der Waals surface area contributed by atoms with Crippen LogP contribution in [-0.4, -0.2) is 24.4 Å². The van der Waals surface area contributed by atoms with Crippen molar-refractivity contribution in [2.75, 3.05) is 13.2 Å². The second kappa shape index (κ2) is 7.86. The Morgan fingerprint density at radius 1 is 1.54 bits per heavy atom. The maximum Gasteiger partial charge on any atom is 0.404 e. The molecule has 13 heavy (non-hydrogen) atoms. The van der Waals surface area contributed by atoms with Crippen molar-refractivity contribution in [3.8, 4) is 0 Å². The van der Waals surface area contributed by atoms with Crippen LogP contribution in [0.3, 0.4) is 0 Å². The molecule has 78 valence electrons. The molecule has 1 amide bonds. The molecule has 4 nitrogen and oxygen atoms in total. The van der Waals surface area contributed by atoms with Gasteiger partial charge in [0.15, 0.2) is 0 Å². The highest BCUT2D eigenvalue weighted by atomic mass is 16.5. The molecule has 0 unspecified atom stereocenters. The summed E-state index contributed by atoms with van der Waals surface area (Å²) < 4.78 is 4.60. The summed E-state index contributed by atoms with van der Waals surface area (Å²) in [7, 11) is 0. The number of primary amides is 1. The van der Waals surface area contributed by atoms with Gasteiger partial charge in [0.1, 0.15) is 0 Å². The van der Waals surface area contributed by atoms with E-state index in [-0.39, 0.29) is 19.1 Å². The first-order valence-corrected chi connectivity index (χ1v) is 4.73. The molecule has 1 atom stereocenters. The fourth-order valence-corrected chi connectivity index (χ4v) is 1.11. The van der Waals surface area contributed by atoms with Gasteiger partial charge in [-0.25, -0.2) is 4.79 Å². The van der Waals surface area contributed by atoms with Gasteiger partial charge in [0.05, 0.1) is 6.61 Å². The lowest BCUT2D eigenvalue weighted by Gasteiger charge is -2.12. The number of carbonyl (C=O) groups excluding carboxylic acids is 1.